The van der Waals surface area contributed by atoms with Crippen molar-refractivity contribution in [2.75, 3.05) is 0 Å². The molecule has 28 heavy (non-hydrogen) atoms. The first-order valence-corrected chi connectivity index (χ1v) is 10.3. The highest BCUT2D eigenvalue weighted by Crippen LogP contribution is 2.34. The third kappa shape index (κ3) is 4.22. The number of rotatable bonds is 5. The maximum Gasteiger partial charge on any atom is 0.188 e. The molecule has 0 fully saturated rings. The summed E-state index contributed by atoms with van der Waals surface area (Å²) < 4.78 is 5.45. The van der Waals surface area contributed by atoms with E-state index in [1.807, 2.05) is 61.5 Å². The van der Waals surface area contributed by atoms with E-state index in [1.54, 1.807) is 18.0 Å². The van der Waals surface area contributed by atoms with Crippen LogP contribution in [0.15, 0.2) is 70.5 Å². The molecule has 0 spiro atoms. The molecule has 0 saturated carbocycles. The summed E-state index contributed by atoms with van der Waals surface area (Å²) in [4.78, 5) is 9.10. The van der Waals surface area contributed by atoms with E-state index in [2.05, 4.69) is 10.1 Å². The summed E-state index contributed by atoms with van der Waals surface area (Å²) in [5, 5.41) is 6.32. The quantitative estimate of drug-likeness (QED) is 0.261. The van der Waals surface area contributed by atoms with Crippen LogP contribution in [0, 0.1) is 6.92 Å². The molecule has 140 valence electrons. The lowest BCUT2D eigenvalue weighted by molar-refractivity contribution is 0.400. The number of hydrogen-bond acceptors (Lipinski definition) is 5. The van der Waals surface area contributed by atoms with Crippen LogP contribution in [0.5, 0.6) is 0 Å². The zero-order valence-corrected chi connectivity index (χ0v) is 17.2. The highest BCUT2D eigenvalue weighted by molar-refractivity contribution is 7.98. The second-order valence-electron chi connectivity index (χ2n) is 6.11. The van der Waals surface area contributed by atoms with Gasteiger partial charge in [0.1, 0.15) is 11.5 Å². The highest BCUT2D eigenvalue weighted by atomic mass is 35.5. The van der Waals surface area contributed by atoms with E-state index in [-0.39, 0.29) is 0 Å². The van der Waals surface area contributed by atoms with Gasteiger partial charge in [0.05, 0.1) is 11.3 Å². The Labute approximate surface area is 176 Å². The van der Waals surface area contributed by atoms with Gasteiger partial charge < -0.3 is 4.52 Å². The summed E-state index contributed by atoms with van der Waals surface area (Å²) in [5.74, 6) is 1.46. The average Bonchev–Trinajstić information content (AvgIpc) is 3.10. The second kappa shape index (κ2) is 8.35. The van der Waals surface area contributed by atoms with E-state index in [0.717, 1.165) is 38.9 Å². The first-order valence-electron chi connectivity index (χ1n) is 8.53. The topological polar surface area (TPSA) is 51.8 Å². The predicted octanol–water partition coefficient (Wildman–Crippen LogP) is 6.71. The summed E-state index contributed by atoms with van der Waals surface area (Å²) >= 11 is 13.5. The minimum Gasteiger partial charge on any atom is -0.360 e. The van der Waals surface area contributed by atoms with Gasteiger partial charge in [-0.3, -0.25) is 0 Å². The van der Waals surface area contributed by atoms with Crippen LogP contribution >= 0.6 is 35.0 Å². The van der Waals surface area contributed by atoms with E-state index in [1.165, 1.54) is 0 Å². The molecule has 2 aromatic heterocycles. The van der Waals surface area contributed by atoms with Crippen molar-refractivity contribution in [3.8, 4) is 22.5 Å². The number of halogens is 2. The largest absolute Gasteiger partial charge is 0.360 e. The lowest BCUT2D eigenvalue weighted by Crippen LogP contribution is -1.92. The van der Waals surface area contributed by atoms with Gasteiger partial charge in [-0.05, 0) is 42.8 Å². The fraction of sp³-hybridized carbons (Fsp3) is 0.0952. The number of nitrogens with zero attached hydrogens (tertiary/aromatic N) is 3. The molecule has 0 bridgehead atoms. The number of benzene rings is 2. The molecular formula is C21H15Cl2N3OS. The lowest BCUT2D eigenvalue weighted by atomic mass is 10.0. The summed E-state index contributed by atoms with van der Waals surface area (Å²) in [5.41, 5.74) is 4.45. The van der Waals surface area contributed by atoms with Crippen LogP contribution in [0.2, 0.25) is 10.0 Å². The molecule has 0 atom stereocenters. The molecule has 0 aliphatic carbocycles. The van der Waals surface area contributed by atoms with Gasteiger partial charge in [0.15, 0.2) is 5.16 Å². The van der Waals surface area contributed by atoms with E-state index in [0.29, 0.717) is 15.9 Å². The van der Waals surface area contributed by atoms with Crippen LogP contribution in [0.4, 0.5) is 0 Å². The number of thioether (sulfide) groups is 1. The molecule has 7 heteroatoms. The van der Waals surface area contributed by atoms with Crippen LogP contribution in [0.1, 0.15) is 11.3 Å². The van der Waals surface area contributed by atoms with Crippen LogP contribution in [-0.2, 0) is 5.75 Å². The fourth-order valence-corrected chi connectivity index (χ4v) is 3.80. The van der Waals surface area contributed by atoms with Gasteiger partial charge in [-0.15, -0.1) is 0 Å². The van der Waals surface area contributed by atoms with Crippen molar-refractivity contribution in [3.05, 3.63) is 82.2 Å². The van der Waals surface area contributed by atoms with E-state index < -0.39 is 0 Å². The van der Waals surface area contributed by atoms with Gasteiger partial charge in [-0.25, -0.2) is 9.97 Å². The first-order chi connectivity index (χ1) is 13.6. The molecule has 4 nitrogen and oxygen atoms in total. The van der Waals surface area contributed by atoms with Crippen molar-refractivity contribution < 1.29 is 4.52 Å². The highest BCUT2D eigenvalue weighted by Gasteiger charge is 2.18. The second-order valence-corrected chi connectivity index (χ2v) is 7.92. The summed E-state index contributed by atoms with van der Waals surface area (Å²) in [7, 11) is 0. The Hall–Kier alpha value is -2.34. The Morgan fingerprint density at radius 3 is 2.32 bits per heavy atom. The van der Waals surface area contributed by atoms with E-state index >= 15 is 0 Å². The Morgan fingerprint density at radius 2 is 1.61 bits per heavy atom. The monoisotopic (exact) mass is 427 g/mol. The molecule has 0 aliphatic heterocycles. The lowest BCUT2D eigenvalue weighted by Gasteiger charge is -2.05. The minimum atomic E-state index is 0.674. The van der Waals surface area contributed by atoms with Gasteiger partial charge in [0, 0.05) is 27.6 Å². The molecule has 0 unspecified atom stereocenters. The fourth-order valence-electron chi connectivity index (χ4n) is 2.76. The molecule has 4 aromatic rings. The Bertz CT molecular complexity index is 1100. The van der Waals surface area contributed by atoms with Crippen LogP contribution in [0.3, 0.4) is 0 Å². The van der Waals surface area contributed by atoms with Gasteiger partial charge in [0.25, 0.3) is 0 Å². The van der Waals surface area contributed by atoms with Crippen molar-refractivity contribution in [1.29, 1.82) is 0 Å². The minimum absolute atomic E-state index is 0.674. The zero-order chi connectivity index (χ0) is 19.5. The van der Waals surface area contributed by atoms with E-state index in [4.69, 9.17) is 32.7 Å². The van der Waals surface area contributed by atoms with Gasteiger partial charge in [-0.2, -0.15) is 0 Å². The first kappa shape index (κ1) is 19.0. The molecule has 2 aromatic carbocycles. The van der Waals surface area contributed by atoms with Crippen molar-refractivity contribution in [2.45, 2.75) is 17.8 Å². The average molecular weight is 428 g/mol. The Kier molecular flexibility index (Phi) is 5.67. The Balaban J connectivity index is 1.62. The maximum atomic E-state index is 6.00. The maximum absolute atomic E-state index is 6.00. The van der Waals surface area contributed by atoms with Crippen molar-refractivity contribution >= 4 is 35.0 Å². The SMILES string of the molecule is Cc1onc(-c2ccc(Cl)cc2)c1-c1ccnc(SCc2ccc(Cl)cc2)n1. The van der Waals surface area contributed by atoms with Crippen LogP contribution < -0.4 is 0 Å². The molecule has 0 N–H and O–H groups in total. The number of aromatic nitrogens is 3. The summed E-state index contributed by atoms with van der Waals surface area (Å²) in [6.07, 6.45) is 1.75. The normalized spacial score (nSPS) is 11.0. The van der Waals surface area contributed by atoms with Crippen LogP contribution in [-0.4, -0.2) is 15.1 Å². The molecule has 0 radical (unpaired) electrons. The standard InChI is InChI=1S/C21H15Cl2N3OS/c1-13-19(20(26-27-13)15-4-8-17(23)9-5-15)18-10-11-24-21(25-18)28-12-14-2-6-16(22)7-3-14/h2-11H,12H2,1H3. The number of hydrogen-bond donors (Lipinski definition) is 0. The van der Waals surface area contributed by atoms with Crippen molar-refractivity contribution in [2.24, 2.45) is 0 Å². The third-order valence-electron chi connectivity index (χ3n) is 4.15. The summed E-state index contributed by atoms with van der Waals surface area (Å²) in [6, 6.07) is 17.1. The summed E-state index contributed by atoms with van der Waals surface area (Å²) in [6.45, 7) is 1.88. The van der Waals surface area contributed by atoms with E-state index in [9.17, 15) is 0 Å². The molecule has 4 rings (SSSR count). The van der Waals surface area contributed by atoms with Crippen LogP contribution in [0.25, 0.3) is 22.5 Å². The zero-order valence-electron chi connectivity index (χ0n) is 14.9. The molecule has 2 heterocycles. The van der Waals surface area contributed by atoms with Crippen molar-refractivity contribution in [1.82, 2.24) is 15.1 Å². The van der Waals surface area contributed by atoms with Gasteiger partial charge in [0.2, 0.25) is 0 Å². The third-order valence-corrected chi connectivity index (χ3v) is 5.59. The van der Waals surface area contributed by atoms with Gasteiger partial charge >= 0.3 is 0 Å². The molecule has 0 amide bonds. The molecular weight excluding hydrogens is 413 g/mol. The Morgan fingerprint density at radius 1 is 0.929 bits per heavy atom. The smallest absolute Gasteiger partial charge is 0.188 e. The predicted molar refractivity (Wildman–Crippen MR) is 114 cm³/mol. The molecule has 0 saturated heterocycles. The van der Waals surface area contributed by atoms with Crippen molar-refractivity contribution in [3.63, 3.8) is 0 Å². The molecule has 0 aliphatic rings. The number of aryl methyl sites for hydroxylation is 1. The van der Waals surface area contributed by atoms with Gasteiger partial charge in [-0.1, -0.05) is 64.4 Å².